The van der Waals surface area contributed by atoms with Gasteiger partial charge in [0.2, 0.25) is 0 Å². The van der Waals surface area contributed by atoms with Gasteiger partial charge in [-0.1, -0.05) is 117 Å². The van der Waals surface area contributed by atoms with E-state index < -0.39 is 0 Å². The van der Waals surface area contributed by atoms with E-state index in [2.05, 4.69) is 186 Å². The highest BCUT2D eigenvalue weighted by Crippen LogP contribution is 2.60. The molecule has 58 heavy (non-hydrogen) atoms. The first kappa shape index (κ1) is 35.5. The topological polar surface area (TPSA) is 6.48 Å². The standard InChI is InChI=1S/C55H50N2S/c1-4-12-40(13-5-1)41-21-28-47(29-22-41)56(45-14-6-2-7-15-45)48-30-24-42(25-31-48)55(38-39-20-23-44(55)36-39)43-26-32-49(33-27-43)57(46-16-8-3-9-17-46)50-34-35-54-52(37-50)51-18-10-11-19-53(51)58-54/h2-3,6-11,14-19,21-22,24-35,37,39-40,44H,1,4-5,12-13,20,23,36,38H2. The number of nitrogens with zero attached hydrogens (tertiary/aromatic N) is 2. The molecule has 0 radical (unpaired) electrons. The van der Waals surface area contributed by atoms with Crippen LogP contribution in [0, 0.1) is 11.8 Å². The highest BCUT2D eigenvalue weighted by Gasteiger charge is 2.52. The van der Waals surface area contributed by atoms with E-state index in [1.165, 1.54) is 129 Å². The number of para-hydroxylation sites is 2. The molecule has 3 atom stereocenters. The third kappa shape index (κ3) is 6.23. The molecule has 1 aromatic heterocycles. The molecular formula is C55H50N2S. The maximum absolute atomic E-state index is 2.47. The van der Waals surface area contributed by atoms with E-state index in [1.54, 1.807) is 0 Å². The SMILES string of the molecule is c1ccc(N(c2ccc(C3CCCCC3)cc2)c2ccc(C3(c4ccc(N(c5ccccc5)c5ccc6sc7ccccc7c6c5)cc4)CC4CCC3C4)cc2)cc1. The van der Waals surface area contributed by atoms with Gasteiger partial charge >= 0.3 is 0 Å². The lowest BCUT2D eigenvalue weighted by Gasteiger charge is -2.40. The molecule has 11 rings (SSSR count). The Hall–Kier alpha value is -5.64. The molecule has 0 saturated heterocycles. The predicted molar refractivity (Wildman–Crippen MR) is 247 cm³/mol. The predicted octanol–water partition coefficient (Wildman–Crippen LogP) is 16.1. The molecule has 8 aromatic rings. The normalized spacial score (nSPS) is 20.5. The molecular weight excluding hydrogens is 721 g/mol. The van der Waals surface area contributed by atoms with E-state index in [0.29, 0.717) is 11.8 Å². The smallest absolute Gasteiger partial charge is 0.0468 e. The zero-order chi connectivity index (χ0) is 38.5. The summed E-state index contributed by atoms with van der Waals surface area (Å²) in [6.07, 6.45) is 12.0. The number of thiophene rings is 1. The van der Waals surface area contributed by atoms with Crippen LogP contribution in [0.1, 0.15) is 80.4 Å². The van der Waals surface area contributed by atoms with E-state index in [9.17, 15) is 0 Å². The molecule has 3 unspecified atom stereocenters. The minimum atomic E-state index is 0.0191. The first-order valence-corrected chi connectivity index (χ1v) is 22.5. The van der Waals surface area contributed by atoms with E-state index in [1.807, 2.05) is 11.3 Å². The van der Waals surface area contributed by atoms with E-state index >= 15 is 0 Å². The van der Waals surface area contributed by atoms with Gasteiger partial charge in [-0.15, -0.1) is 11.3 Å². The Kier molecular flexibility index (Phi) is 9.15. The Balaban J connectivity index is 0.950. The van der Waals surface area contributed by atoms with Crippen molar-refractivity contribution in [1.82, 2.24) is 0 Å². The van der Waals surface area contributed by atoms with Crippen LogP contribution in [0.4, 0.5) is 34.1 Å². The second kappa shape index (κ2) is 14.9. The fourth-order valence-electron chi connectivity index (χ4n) is 11.3. The minimum absolute atomic E-state index is 0.0191. The van der Waals surface area contributed by atoms with Crippen molar-refractivity contribution < 1.29 is 0 Å². The lowest BCUT2D eigenvalue weighted by molar-refractivity contribution is 0.320. The van der Waals surface area contributed by atoms with Crippen LogP contribution in [-0.4, -0.2) is 0 Å². The summed E-state index contributed by atoms with van der Waals surface area (Å²) >= 11 is 1.88. The van der Waals surface area contributed by atoms with E-state index in [-0.39, 0.29) is 5.41 Å². The maximum Gasteiger partial charge on any atom is 0.0468 e. The highest BCUT2D eigenvalue weighted by atomic mass is 32.1. The summed E-state index contributed by atoms with van der Waals surface area (Å²) in [6, 6.07) is 66.4. The van der Waals surface area contributed by atoms with Gasteiger partial charge in [0.25, 0.3) is 0 Å². The van der Waals surface area contributed by atoms with Crippen molar-refractivity contribution in [2.45, 2.75) is 69.1 Å². The van der Waals surface area contributed by atoms with Gasteiger partial charge in [0.15, 0.2) is 0 Å². The van der Waals surface area contributed by atoms with Crippen molar-refractivity contribution in [3.05, 3.63) is 193 Å². The van der Waals surface area contributed by atoms with Crippen LogP contribution in [0.5, 0.6) is 0 Å². The van der Waals surface area contributed by atoms with Crippen molar-refractivity contribution >= 4 is 65.6 Å². The monoisotopic (exact) mass is 770 g/mol. The minimum Gasteiger partial charge on any atom is -0.311 e. The second-order valence-electron chi connectivity index (χ2n) is 17.2. The Morgan fingerprint density at radius 3 is 1.53 bits per heavy atom. The summed E-state index contributed by atoms with van der Waals surface area (Å²) < 4.78 is 2.67. The summed E-state index contributed by atoms with van der Waals surface area (Å²) in [5.74, 6) is 2.16. The van der Waals surface area contributed by atoms with Crippen LogP contribution in [0.25, 0.3) is 20.2 Å². The van der Waals surface area contributed by atoms with Crippen molar-refractivity contribution in [2.75, 3.05) is 9.80 Å². The molecule has 3 heteroatoms. The third-order valence-electron chi connectivity index (χ3n) is 14.0. The average molecular weight is 771 g/mol. The molecule has 0 aliphatic heterocycles. The zero-order valence-electron chi connectivity index (χ0n) is 33.1. The third-order valence-corrected chi connectivity index (χ3v) is 15.2. The van der Waals surface area contributed by atoms with Crippen LogP contribution < -0.4 is 9.80 Å². The van der Waals surface area contributed by atoms with Crippen molar-refractivity contribution in [3.63, 3.8) is 0 Å². The molecule has 1 heterocycles. The Morgan fingerprint density at radius 1 is 0.431 bits per heavy atom. The van der Waals surface area contributed by atoms with Gasteiger partial charge in [0.05, 0.1) is 0 Å². The Labute approximate surface area is 347 Å². The van der Waals surface area contributed by atoms with Crippen LogP contribution in [0.3, 0.4) is 0 Å². The van der Waals surface area contributed by atoms with Gasteiger partial charge in [-0.2, -0.15) is 0 Å². The molecule has 7 aromatic carbocycles. The largest absolute Gasteiger partial charge is 0.311 e. The molecule has 0 amide bonds. The molecule has 0 spiro atoms. The van der Waals surface area contributed by atoms with Crippen molar-refractivity contribution in [3.8, 4) is 0 Å². The maximum atomic E-state index is 2.47. The van der Waals surface area contributed by atoms with Crippen molar-refractivity contribution in [1.29, 1.82) is 0 Å². The number of fused-ring (bicyclic) bond motifs is 5. The van der Waals surface area contributed by atoms with Crippen LogP contribution >= 0.6 is 11.3 Å². The van der Waals surface area contributed by atoms with Gasteiger partial charge < -0.3 is 9.80 Å². The number of anilines is 6. The first-order valence-electron chi connectivity index (χ1n) is 21.6. The number of benzene rings is 7. The Bertz CT molecular complexity index is 2660. The quantitative estimate of drug-likeness (QED) is 0.144. The van der Waals surface area contributed by atoms with Crippen LogP contribution in [-0.2, 0) is 5.41 Å². The van der Waals surface area contributed by atoms with Crippen LogP contribution in [0.15, 0.2) is 176 Å². The van der Waals surface area contributed by atoms with Gasteiger partial charge in [-0.3, -0.25) is 0 Å². The summed E-state index contributed by atoms with van der Waals surface area (Å²) in [6.45, 7) is 0. The zero-order valence-corrected chi connectivity index (χ0v) is 34.0. The molecule has 3 aliphatic carbocycles. The number of hydrogen-bond donors (Lipinski definition) is 0. The lowest BCUT2D eigenvalue weighted by Crippen LogP contribution is -2.34. The fraction of sp³-hybridized carbons (Fsp3) is 0.236. The number of hydrogen-bond acceptors (Lipinski definition) is 3. The lowest BCUT2D eigenvalue weighted by atomic mass is 9.64. The van der Waals surface area contributed by atoms with E-state index in [4.69, 9.17) is 0 Å². The van der Waals surface area contributed by atoms with Gasteiger partial charge in [0, 0.05) is 59.7 Å². The van der Waals surface area contributed by atoms with E-state index in [0.717, 1.165) is 5.92 Å². The molecule has 286 valence electrons. The molecule has 3 aliphatic rings. The van der Waals surface area contributed by atoms with Gasteiger partial charge in [-0.05, 0) is 151 Å². The molecule has 3 fully saturated rings. The molecule has 2 bridgehead atoms. The second-order valence-corrected chi connectivity index (χ2v) is 18.3. The summed E-state index contributed by atoms with van der Waals surface area (Å²) in [5, 5.41) is 2.65. The van der Waals surface area contributed by atoms with Crippen LogP contribution in [0.2, 0.25) is 0 Å². The molecule has 0 N–H and O–H groups in total. The van der Waals surface area contributed by atoms with Crippen molar-refractivity contribution in [2.24, 2.45) is 11.8 Å². The number of rotatable bonds is 9. The van der Waals surface area contributed by atoms with Gasteiger partial charge in [0.1, 0.15) is 0 Å². The average Bonchev–Trinajstić information content (AvgIpc) is 4.03. The summed E-state index contributed by atoms with van der Waals surface area (Å²) in [5.41, 5.74) is 11.6. The first-order chi connectivity index (χ1) is 28.7. The molecule has 2 nitrogen and oxygen atoms in total. The highest BCUT2D eigenvalue weighted by molar-refractivity contribution is 7.25. The van der Waals surface area contributed by atoms with Gasteiger partial charge in [-0.25, -0.2) is 0 Å². The summed E-state index contributed by atoms with van der Waals surface area (Å²) in [7, 11) is 0. The Morgan fingerprint density at radius 2 is 0.948 bits per heavy atom. The molecule has 3 saturated carbocycles. The summed E-state index contributed by atoms with van der Waals surface area (Å²) in [4.78, 5) is 4.86. The fourth-order valence-corrected chi connectivity index (χ4v) is 12.3.